The molecule has 9 atom stereocenters. The van der Waals surface area contributed by atoms with Crippen LogP contribution in [0.5, 0.6) is 0 Å². The molecule has 1 amide bonds. The molecule has 1 heterocycles. The van der Waals surface area contributed by atoms with Crippen molar-refractivity contribution in [2.75, 3.05) is 13.2 Å². The number of aliphatic hydroxyl groups is 7. The van der Waals surface area contributed by atoms with Gasteiger partial charge in [0.1, 0.15) is 36.6 Å². The Balaban J connectivity index is 2.54. The highest BCUT2D eigenvalue weighted by atomic mass is 16.7. The highest BCUT2D eigenvalue weighted by molar-refractivity contribution is 5.80. The lowest BCUT2D eigenvalue weighted by Crippen LogP contribution is -2.60. The predicted octanol–water partition coefficient (Wildman–Crippen LogP) is 5.16. The summed E-state index contributed by atoms with van der Waals surface area (Å²) >= 11 is 0. The minimum atomic E-state index is -1.65. The van der Waals surface area contributed by atoms with E-state index < -0.39 is 74.2 Å². The molecule has 9 unspecified atom stereocenters. The van der Waals surface area contributed by atoms with Crippen LogP contribution in [-0.2, 0) is 14.3 Å². The number of hydrogen-bond donors (Lipinski definition) is 8. The highest BCUT2D eigenvalue weighted by Gasteiger charge is 2.44. The largest absolute Gasteiger partial charge is 0.394 e. The Bertz CT molecular complexity index is 790. The van der Waals surface area contributed by atoms with Crippen molar-refractivity contribution >= 4 is 5.91 Å². The Labute approximate surface area is 303 Å². The number of rotatable bonds is 33. The zero-order valence-corrected chi connectivity index (χ0v) is 31.6. The lowest BCUT2D eigenvalue weighted by atomic mass is 9.98. The monoisotopic (exact) mass is 720 g/mol. The van der Waals surface area contributed by atoms with Crippen LogP contribution < -0.4 is 5.32 Å². The van der Waals surface area contributed by atoms with Crippen molar-refractivity contribution in [2.45, 2.75) is 229 Å². The fourth-order valence-corrected chi connectivity index (χ4v) is 6.67. The van der Waals surface area contributed by atoms with Crippen LogP contribution in [0, 0.1) is 0 Å². The number of amides is 1. The van der Waals surface area contributed by atoms with Crippen molar-refractivity contribution in [1.29, 1.82) is 0 Å². The first-order chi connectivity index (χ1) is 24.2. The highest BCUT2D eigenvalue weighted by Crippen LogP contribution is 2.23. The molecule has 11 nitrogen and oxygen atoms in total. The van der Waals surface area contributed by atoms with Gasteiger partial charge < -0.3 is 50.5 Å². The Morgan fingerprint density at radius 1 is 0.620 bits per heavy atom. The topological polar surface area (TPSA) is 189 Å². The number of aliphatic hydroxyl groups excluding tert-OH is 7. The molecular weight excluding hydrogens is 642 g/mol. The maximum atomic E-state index is 13.0. The first-order valence-electron chi connectivity index (χ1n) is 20.4. The van der Waals surface area contributed by atoms with Crippen molar-refractivity contribution in [2.24, 2.45) is 0 Å². The normalized spacial score (nSPS) is 23.4. The van der Waals surface area contributed by atoms with E-state index in [-0.39, 0.29) is 6.42 Å². The van der Waals surface area contributed by atoms with E-state index in [4.69, 9.17) is 9.47 Å². The summed E-state index contributed by atoms with van der Waals surface area (Å²) in [5.41, 5.74) is 0. The van der Waals surface area contributed by atoms with Crippen LogP contribution >= 0.6 is 0 Å². The zero-order valence-electron chi connectivity index (χ0n) is 31.6. The van der Waals surface area contributed by atoms with E-state index in [0.717, 1.165) is 38.5 Å². The molecule has 0 spiro atoms. The van der Waals surface area contributed by atoms with E-state index in [1.807, 2.05) is 0 Å². The van der Waals surface area contributed by atoms with E-state index in [1.54, 1.807) is 0 Å². The van der Waals surface area contributed by atoms with Gasteiger partial charge in [0.2, 0.25) is 5.91 Å². The minimum Gasteiger partial charge on any atom is -0.394 e. The molecule has 0 radical (unpaired) electrons. The number of hydrogen-bond acceptors (Lipinski definition) is 10. The molecule has 1 rings (SSSR count). The molecule has 50 heavy (non-hydrogen) atoms. The van der Waals surface area contributed by atoms with Crippen LogP contribution in [0.4, 0.5) is 0 Å². The van der Waals surface area contributed by atoms with Gasteiger partial charge in [0.25, 0.3) is 0 Å². The van der Waals surface area contributed by atoms with Gasteiger partial charge in [0, 0.05) is 0 Å². The van der Waals surface area contributed by atoms with Crippen molar-refractivity contribution < 1.29 is 50.0 Å². The molecule has 1 aliphatic rings. The maximum Gasteiger partial charge on any atom is 0.249 e. The molecule has 0 aromatic rings. The summed E-state index contributed by atoms with van der Waals surface area (Å²) in [6.07, 6.45) is 15.9. The van der Waals surface area contributed by atoms with Gasteiger partial charge in [-0.25, -0.2) is 0 Å². The smallest absolute Gasteiger partial charge is 0.249 e. The van der Waals surface area contributed by atoms with Gasteiger partial charge in [-0.1, -0.05) is 162 Å². The number of carbonyl (C=O) groups excluding carboxylic acids is 1. The van der Waals surface area contributed by atoms with Crippen LogP contribution in [0.25, 0.3) is 0 Å². The van der Waals surface area contributed by atoms with Crippen LogP contribution in [0.1, 0.15) is 174 Å². The molecule has 11 heteroatoms. The third-order valence-electron chi connectivity index (χ3n) is 10.2. The molecule has 0 aromatic heterocycles. The third kappa shape index (κ3) is 21.0. The van der Waals surface area contributed by atoms with Gasteiger partial charge in [-0.3, -0.25) is 4.79 Å². The van der Waals surface area contributed by atoms with Gasteiger partial charge in [-0.2, -0.15) is 0 Å². The number of carbonyl (C=O) groups is 1. The summed E-state index contributed by atoms with van der Waals surface area (Å²) in [6, 6.07) is -1.16. The van der Waals surface area contributed by atoms with Gasteiger partial charge in [-0.15, -0.1) is 0 Å². The van der Waals surface area contributed by atoms with Crippen LogP contribution in [-0.4, -0.2) is 110 Å². The summed E-state index contributed by atoms with van der Waals surface area (Å²) in [4.78, 5) is 13.0. The molecule has 1 saturated heterocycles. The fraction of sp³-hybridized carbons (Fsp3) is 0.974. The van der Waals surface area contributed by atoms with Crippen molar-refractivity contribution in [1.82, 2.24) is 5.32 Å². The van der Waals surface area contributed by atoms with Gasteiger partial charge in [0.15, 0.2) is 6.29 Å². The Morgan fingerprint density at radius 2 is 1.04 bits per heavy atom. The quantitative estimate of drug-likeness (QED) is 0.0421. The predicted molar refractivity (Wildman–Crippen MR) is 196 cm³/mol. The Hall–Kier alpha value is -0.890. The van der Waals surface area contributed by atoms with E-state index in [9.17, 15) is 40.5 Å². The maximum absolute atomic E-state index is 13.0. The summed E-state index contributed by atoms with van der Waals surface area (Å²) < 4.78 is 11.0. The van der Waals surface area contributed by atoms with Crippen LogP contribution in [0.3, 0.4) is 0 Å². The number of unbranched alkanes of at least 4 members (excludes halogenated alkanes) is 21. The van der Waals surface area contributed by atoms with Crippen molar-refractivity contribution in [3.63, 3.8) is 0 Å². The average Bonchev–Trinajstić information content (AvgIpc) is 3.11. The molecule has 1 fully saturated rings. The lowest BCUT2D eigenvalue weighted by Gasteiger charge is -2.40. The van der Waals surface area contributed by atoms with Gasteiger partial charge in [-0.05, 0) is 12.8 Å². The average molecular weight is 720 g/mol. The second-order valence-electron chi connectivity index (χ2n) is 14.7. The van der Waals surface area contributed by atoms with Crippen molar-refractivity contribution in [3.05, 3.63) is 0 Å². The van der Waals surface area contributed by atoms with E-state index in [2.05, 4.69) is 19.2 Å². The molecule has 0 aliphatic carbocycles. The lowest BCUT2D eigenvalue weighted by molar-refractivity contribution is -0.303. The molecule has 0 aromatic carbocycles. The van der Waals surface area contributed by atoms with E-state index in [1.165, 1.54) is 96.3 Å². The molecule has 1 aliphatic heterocycles. The third-order valence-corrected chi connectivity index (χ3v) is 10.2. The van der Waals surface area contributed by atoms with Gasteiger partial charge in [0.05, 0.1) is 25.4 Å². The van der Waals surface area contributed by atoms with Crippen LogP contribution in [0.2, 0.25) is 0 Å². The van der Waals surface area contributed by atoms with E-state index >= 15 is 0 Å². The van der Waals surface area contributed by atoms with Gasteiger partial charge >= 0.3 is 0 Å². The first kappa shape index (κ1) is 47.1. The zero-order chi connectivity index (χ0) is 37.0. The summed E-state index contributed by atoms with van der Waals surface area (Å²) in [5.74, 6) is -0.699. The van der Waals surface area contributed by atoms with Crippen LogP contribution in [0.15, 0.2) is 0 Å². The van der Waals surface area contributed by atoms with Crippen molar-refractivity contribution in [3.8, 4) is 0 Å². The summed E-state index contributed by atoms with van der Waals surface area (Å²) in [7, 11) is 0. The minimum absolute atomic E-state index is 0.264. The second-order valence-corrected chi connectivity index (χ2v) is 14.7. The molecule has 0 bridgehead atoms. The molecule has 298 valence electrons. The fourth-order valence-electron chi connectivity index (χ4n) is 6.67. The molecular formula is C39H77NO10. The second kappa shape index (κ2) is 30.6. The van der Waals surface area contributed by atoms with E-state index in [0.29, 0.717) is 19.3 Å². The number of nitrogens with one attached hydrogen (secondary N) is 1. The summed E-state index contributed by atoms with van der Waals surface area (Å²) in [6.45, 7) is 3.39. The standard InChI is InChI=1S/C39H77NO10/c1-3-5-7-9-11-13-15-16-17-19-20-22-24-26-31(42)34(44)30(29-49-39-37(47)36(46)35(45)33(28-41)50-39)40-38(48)32(43)27-25-23-21-18-14-12-10-8-6-4-2/h30-37,39,41-47H,3-29H2,1-2H3,(H,40,48). The Morgan fingerprint density at radius 3 is 1.48 bits per heavy atom. The summed E-state index contributed by atoms with van der Waals surface area (Å²) in [5, 5.41) is 75.2. The SMILES string of the molecule is CCCCCCCCCCCCCCCC(O)C(O)C(COC1OC(CO)C(O)C(O)C1O)NC(=O)C(O)CCCCCCCCCCCC. The molecule has 0 saturated carbocycles. The molecule has 8 N–H and O–H groups in total. The number of ether oxygens (including phenoxy) is 2. The Kier molecular flexibility index (Phi) is 28.8. The first-order valence-corrected chi connectivity index (χ1v) is 20.4.